The molecule has 6 nitrogen and oxygen atoms in total. The topological polar surface area (TPSA) is 59.7 Å². The number of aryl methyl sites for hydroxylation is 2. The lowest BCUT2D eigenvalue weighted by atomic mass is 9.96. The molecule has 38 heavy (non-hydrogen) atoms. The lowest BCUT2D eigenvalue weighted by Crippen LogP contribution is -2.29. The summed E-state index contributed by atoms with van der Waals surface area (Å²) in [6.45, 7) is 10.6. The van der Waals surface area contributed by atoms with Gasteiger partial charge in [0.2, 0.25) is 0 Å². The predicted octanol–water partition coefficient (Wildman–Crippen LogP) is 6.68. The summed E-state index contributed by atoms with van der Waals surface area (Å²) < 4.78 is 7.10. The van der Waals surface area contributed by atoms with Gasteiger partial charge in [0.1, 0.15) is 5.75 Å². The summed E-state index contributed by atoms with van der Waals surface area (Å²) in [4.78, 5) is 21.1. The number of piperidine rings is 1. The van der Waals surface area contributed by atoms with Crippen LogP contribution < -0.4 is 15.2 Å². The molecule has 0 saturated carbocycles. The van der Waals surface area contributed by atoms with E-state index in [0.717, 1.165) is 46.7 Å². The molecule has 0 N–H and O–H groups in total. The maximum absolute atomic E-state index is 13.7. The number of nitrogens with zero attached hydrogens (tertiary/aromatic N) is 4. The van der Waals surface area contributed by atoms with Gasteiger partial charge >= 0.3 is 0 Å². The van der Waals surface area contributed by atoms with Crippen molar-refractivity contribution < 1.29 is 4.74 Å². The highest BCUT2D eigenvalue weighted by atomic mass is 16.5. The largest absolute Gasteiger partial charge is 0.496 e. The molecule has 5 rings (SSSR count). The first-order valence-corrected chi connectivity index (χ1v) is 13.5. The van der Waals surface area contributed by atoms with Crippen molar-refractivity contribution in [1.82, 2.24) is 9.66 Å². The lowest BCUT2D eigenvalue weighted by molar-refractivity contribution is 0.407. The van der Waals surface area contributed by atoms with Crippen LogP contribution in [0.5, 0.6) is 5.75 Å². The number of fused-ring (bicyclic) bond motifs is 1. The Kier molecular flexibility index (Phi) is 7.32. The molecule has 0 aliphatic carbocycles. The number of aromatic nitrogens is 2. The zero-order valence-electron chi connectivity index (χ0n) is 23.0. The van der Waals surface area contributed by atoms with Crippen LogP contribution in [0.25, 0.3) is 22.3 Å². The van der Waals surface area contributed by atoms with E-state index < -0.39 is 0 Å². The molecule has 1 fully saturated rings. The summed E-state index contributed by atoms with van der Waals surface area (Å²) in [5, 5.41) is 5.28. The minimum absolute atomic E-state index is 0.189. The highest BCUT2D eigenvalue weighted by Crippen LogP contribution is 2.34. The van der Waals surface area contributed by atoms with Crippen LogP contribution in [0, 0.1) is 13.8 Å². The number of ether oxygens (including phenoxy) is 1. The van der Waals surface area contributed by atoms with Crippen molar-refractivity contribution in [3.05, 3.63) is 87.2 Å². The zero-order valence-corrected chi connectivity index (χ0v) is 23.0. The maximum Gasteiger partial charge on any atom is 0.282 e. The molecule has 4 aromatic rings. The third-order valence-electron chi connectivity index (χ3n) is 7.48. The third kappa shape index (κ3) is 4.95. The van der Waals surface area contributed by atoms with E-state index in [1.165, 1.54) is 29.6 Å². The van der Waals surface area contributed by atoms with Gasteiger partial charge in [-0.2, -0.15) is 9.78 Å². The number of hydrogen-bond donors (Lipinski definition) is 0. The Morgan fingerprint density at radius 2 is 1.74 bits per heavy atom. The van der Waals surface area contributed by atoms with E-state index in [4.69, 9.17) is 14.8 Å². The standard InChI is InChI=1S/C32H36N4O2/c1-21(2)27-19-28(23(4)18-30(27)38-5)31-34-29-12-8-7-11-26(29)32(37)36(31)33-20-24-13-14-25(17-22(24)3)35-15-9-6-10-16-35/h7-8,11-14,17-21H,6,9-10,15-16H2,1-5H3. The summed E-state index contributed by atoms with van der Waals surface area (Å²) in [7, 11) is 1.69. The number of methoxy groups -OCH3 is 1. The first-order chi connectivity index (χ1) is 18.4. The van der Waals surface area contributed by atoms with E-state index in [0.29, 0.717) is 16.7 Å². The monoisotopic (exact) mass is 508 g/mol. The van der Waals surface area contributed by atoms with Crippen LogP contribution in [-0.2, 0) is 0 Å². The normalized spacial score (nSPS) is 14.1. The van der Waals surface area contributed by atoms with Crippen molar-refractivity contribution in [3.8, 4) is 17.1 Å². The highest BCUT2D eigenvalue weighted by Gasteiger charge is 2.18. The van der Waals surface area contributed by atoms with Crippen LogP contribution in [-0.4, -0.2) is 36.1 Å². The van der Waals surface area contributed by atoms with Crippen LogP contribution in [0.1, 0.15) is 61.3 Å². The van der Waals surface area contributed by atoms with Crippen LogP contribution in [0.15, 0.2) is 64.5 Å². The predicted molar refractivity (Wildman–Crippen MR) is 157 cm³/mol. The first kappa shape index (κ1) is 25.7. The molecule has 0 atom stereocenters. The Morgan fingerprint density at radius 1 is 0.974 bits per heavy atom. The van der Waals surface area contributed by atoms with Crippen molar-refractivity contribution in [2.75, 3.05) is 25.1 Å². The van der Waals surface area contributed by atoms with E-state index in [-0.39, 0.29) is 11.5 Å². The molecule has 0 spiro atoms. The number of anilines is 1. The Morgan fingerprint density at radius 3 is 2.45 bits per heavy atom. The Labute approximate surface area is 224 Å². The Bertz CT molecular complexity index is 1560. The molecule has 1 aliphatic heterocycles. The minimum atomic E-state index is -0.189. The SMILES string of the molecule is COc1cc(C)c(-c2nc3ccccc3c(=O)n2N=Cc2ccc(N3CCCCC3)cc2C)cc1C(C)C. The molecule has 6 heteroatoms. The number of rotatable bonds is 6. The third-order valence-corrected chi connectivity index (χ3v) is 7.48. The van der Waals surface area contributed by atoms with E-state index in [2.05, 4.69) is 49.9 Å². The fourth-order valence-corrected chi connectivity index (χ4v) is 5.25. The van der Waals surface area contributed by atoms with Crippen LogP contribution in [0.2, 0.25) is 0 Å². The molecule has 0 bridgehead atoms. The quantitative estimate of drug-likeness (QED) is 0.273. The molecule has 0 unspecified atom stereocenters. The van der Waals surface area contributed by atoms with Gasteiger partial charge in [-0.1, -0.05) is 32.0 Å². The van der Waals surface area contributed by atoms with Crippen LogP contribution >= 0.6 is 0 Å². The second kappa shape index (κ2) is 10.8. The Hall–Kier alpha value is -3.93. The van der Waals surface area contributed by atoms with E-state index in [1.807, 2.05) is 31.2 Å². The van der Waals surface area contributed by atoms with Gasteiger partial charge in [-0.25, -0.2) is 4.98 Å². The van der Waals surface area contributed by atoms with Gasteiger partial charge in [0.05, 0.1) is 24.2 Å². The van der Waals surface area contributed by atoms with Gasteiger partial charge < -0.3 is 9.64 Å². The van der Waals surface area contributed by atoms with Gasteiger partial charge in [0, 0.05) is 24.3 Å². The average Bonchev–Trinajstić information content (AvgIpc) is 2.93. The van der Waals surface area contributed by atoms with Crippen molar-refractivity contribution >= 4 is 22.8 Å². The molecular formula is C32H36N4O2. The van der Waals surface area contributed by atoms with E-state index in [1.54, 1.807) is 19.4 Å². The molecule has 196 valence electrons. The van der Waals surface area contributed by atoms with Gasteiger partial charge in [-0.15, -0.1) is 0 Å². The summed E-state index contributed by atoms with van der Waals surface area (Å²) in [5.41, 5.74) is 6.73. The first-order valence-electron chi connectivity index (χ1n) is 13.5. The molecular weight excluding hydrogens is 472 g/mol. The number of hydrogen-bond acceptors (Lipinski definition) is 5. The van der Waals surface area contributed by atoms with Crippen molar-refractivity contribution in [2.24, 2.45) is 5.10 Å². The molecule has 1 aliphatic rings. The molecule has 3 aromatic carbocycles. The second-order valence-corrected chi connectivity index (χ2v) is 10.5. The summed E-state index contributed by atoms with van der Waals surface area (Å²) in [6, 6.07) is 18.0. The van der Waals surface area contributed by atoms with Gasteiger partial charge in [-0.3, -0.25) is 4.79 Å². The highest BCUT2D eigenvalue weighted by molar-refractivity contribution is 5.84. The van der Waals surface area contributed by atoms with E-state index >= 15 is 0 Å². The van der Waals surface area contributed by atoms with Crippen LogP contribution in [0.3, 0.4) is 0 Å². The van der Waals surface area contributed by atoms with Crippen LogP contribution in [0.4, 0.5) is 5.69 Å². The number of para-hydroxylation sites is 1. The van der Waals surface area contributed by atoms with Crippen molar-refractivity contribution in [3.63, 3.8) is 0 Å². The summed E-state index contributed by atoms with van der Waals surface area (Å²) >= 11 is 0. The lowest BCUT2D eigenvalue weighted by Gasteiger charge is -2.29. The number of benzene rings is 3. The molecule has 0 amide bonds. The molecule has 0 radical (unpaired) electrons. The maximum atomic E-state index is 13.7. The molecule has 2 heterocycles. The van der Waals surface area contributed by atoms with Gasteiger partial charge in [0.25, 0.3) is 5.56 Å². The second-order valence-electron chi connectivity index (χ2n) is 10.5. The smallest absolute Gasteiger partial charge is 0.282 e. The summed E-state index contributed by atoms with van der Waals surface area (Å²) in [5.74, 6) is 1.60. The van der Waals surface area contributed by atoms with Crippen molar-refractivity contribution in [1.29, 1.82) is 0 Å². The van der Waals surface area contributed by atoms with Crippen molar-refractivity contribution in [2.45, 2.75) is 52.9 Å². The van der Waals surface area contributed by atoms with Gasteiger partial charge in [0.15, 0.2) is 5.82 Å². The summed E-state index contributed by atoms with van der Waals surface area (Å²) in [6.07, 6.45) is 5.57. The van der Waals surface area contributed by atoms with Gasteiger partial charge in [-0.05, 0) is 97.7 Å². The molecule has 1 saturated heterocycles. The fourth-order valence-electron chi connectivity index (χ4n) is 5.25. The minimum Gasteiger partial charge on any atom is -0.496 e. The average molecular weight is 509 g/mol. The van der Waals surface area contributed by atoms with E-state index in [9.17, 15) is 4.79 Å². The molecule has 1 aromatic heterocycles. The Balaban J connectivity index is 1.63. The zero-order chi connectivity index (χ0) is 26.8. The fraction of sp³-hybridized carbons (Fsp3) is 0.344.